The van der Waals surface area contributed by atoms with Gasteiger partial charge in [-0.2, -0.15) is 4.98 Å². The number of hydrogen-bond acceptors (Lipinski definition) is 6. The first-order valence-electron chi connectivity index (χ1n) is 14.4. The summed E-state index contributed by atoms with van der Waals surface area (Å²) in [6.07, 6.45) is 3.08. The van der Waals surface area contributed by atoms with E-state index >= 15 is 0 Å². The Morgan fingerprint density at radius 1 is 0.867 bits per heavy atom. The van der Waals surface area contributed by atoms with Crippen LogP contribution in [0.5, 0.6) is 0 Å². The topological polar surface area (TPSA) is 114 Å². The highest BCUT2D eigenvalue weighted by atomic mass is 35.5. The maximum atomic E-state index is 14.5. The maximum absolute atomic E-state index is 14.5. The van der Waals surface area contributed by atoms with E-state index in [9.17, 15) is 23.2 Å². The lowest BCUT2D eigenvalue weighted by molar-refractivity contribution is -0.123. The molecule has 2 amide bonds. The molecule has 1 atom stereocenters. The number of ketones is 1. The van der Waals surface area contributed by atoms with E-state index in [0.717, 1.165) is 23.3 Å². The number of amides is 2. The fraction of sp³-hybridized carbons (Fsp3) is 0.206. The molecule has 3 aromatic carbocycles. The van der Waals surface area contributed by atoms with Gasteiger partial charge in [0.2, 0.25) is 11.7 Å². The predicted octanol–water partition coefficient (Wildman–Crippen LogP) is 6.72. The molecule has 2 heterocycles. The quantitative estimate of drug-likeness (QED) is 0.110. The largest absolute Gasteiger partial charge is 0.432 e. The van der Waals surface area contributed by atoms with Gasteiger partial charge in [0.15, 0.2) is 11.2 Å². The van der Waals surface area contributed by atoms with Crippen molar-refractivity contribution in [1.29, 1.82) is 0 Å². The van der Waals surface area contributed by atoms with Gasteiger partial charge in [-0.25, -0.2) is 13.8 Å². The number of halogens is 3. The molecule has 5 rings (SSSR count). The van der Waals surface area contributed by atoms with E-state index < -0.39 is 29.5 Å². The molecule has 230 valence electrons. The minimum absolute atomic E-state index is 0.00932. The second kappa shape index (κ2) is 14.7. The molecule has 0 aliphatic carbocycles. The SMILES string of the molecule is O=C(N[C@@H](Cc1c(F)cccc1F)C(=O)NCCCCCC(=O)c1nc2ncccc2o1)c1ccc(-c2cccc(Cl)c2)cc1. The summed E-state index contributed by atoms with van der Waals surface area (Å²) in [5, 5.41) is 5.94. The summed E-state index contributed by atoms with van der Waals surface area (Å²) in [4.78, 5) is 46.9. The standard InChI is InChI=1S/C34H29ClF2N4O4/c35-24-8-4-7-23(19-24)21-13-15-22(16-14-21)32(43)40-28(20-25-26(36)9-5-10-27(25)37)33(44)39-17-3-1-2-11-29(42)34-41-31-30(45-34)12-6-18-38-31/h4-10,12-16,18-19,28H,1-3,11,17,20H2,(H,39,44)(H,40,43)/t28-/m0/s1. The molecule has 45 heavy (non-hydrogen) atoms. The van der Waals surface area contributed by atoms with Crippen LogP contribution in [0.4, 0.5) is 8.78 Å². The fourth-order valence-corrected chi connectivity index (χ4v) is 4.97. The number of nitrogens with one attached hydrogen (secondary N) is 2. The summed E-state index contributed by atoms with van der Waals surface area (Å²) in [6, 6.07) is 19.5. The lowest BCUT2D eigenvalue weighted by Crippen LogP contribution is -2.48. The third-order valence-corrected chi connectivity index (χ3v) is 7.42. The Balaban J connectivity index is 1.16. The zero-order valence-corrected chi connectivity index (χ0v) is 24.8. The van der Waals surface area contributed by atoms with Gasteiger partial charge in [-0.1, -0.05) is 48.4 Å². The number of fused-ring (bicyclic) bond motifs is 1. The van der Waals surface area contributed by atoms with E-state index in [2.05, 4.69) is 20.6 Å². The maximum Gasteiger partial charge on any atom is 0.265 e. The molecular weight excluding hydrogens is 602 g/mol. The summed E-state index contributed by atoms with van der Waals surface area (Å²) >= 11 is 6.09. The van der Waals surface area contributed by atoms with Crippen LogP contribution < -0.4 is 10.6 Å². The molecule has 0 aliphatic heterocycles. The van der Waals surface area contributed by atoms with E-state index in [-0.39, 0.29) is 42.2 Å². The summed E-state index contributed by atoms with van der Waals surface area (Å²) in [5.74, 6) is -3.02. The number of aromatic nitrogens is 2. The second-order valence-corrected chi connectivity index (χ2v) is 10.8. The molecule has 0 aliphatic rings. The summed E-state index contributed by atoms with van der Waals surface area (Å²) in [7, 11) is 0. The van der Waals surface area contributed by atoms with Crippen molar-refractivity contribution in [2.45, 2.75) is 38.1 Å². The number of pyridine rings is 1. The van der Waals surface area contributed by atoms with E-state index in [0.29, 0.717) is 35.5 Å². The van der Waals surface area contributed by atoms with Crippen LogP contribution in [-0.4, -0.2) is 40.2 Å². The third-order valence-electron chi connectivity index (χ3n) is 7.18. The molecule has 0 fully saturated rings. The predicted molar refractivity (Wildman–Crippen MR) is 166 cm³/mol. The van der Waals surface area contributed by atoms with Crippen molar-refractivity contribution in [2.75, 3.05) is 6.54 Å². The van der Waals surface area contributed by atoms with Crippen LogP contribution in [0.25, 0.3) is 22.4 Å². The first kappa shape index (κ1) is 31.5. The van der Waals surface area contributed by atoms with E-state index in [4.69, 9.17) is 16.0 Å². The number of rotatable bonds is 13. The molecule has 0 radical (unpaired) electrons. The van der Waals surface area contributed by atoms with Crippen LogP contribution in [0, 0.1) is 11.6 Å². The zero-order valence-electron chi connectivity index (χ0n) is 24.1. The van der Waals surface area contributed by atoms with Gasteiger partial charge in [0, 0.05) is 41.7 Å². The minimum atomic E-state index is -1.24. The molecule has 0 spiro atoms. The van der Waals surface area contributed by atoms with Gasteiger partial charge in [0.25, 0.3) is 11.8 Å². The molecule has 11 heteroatoms. The molecule has 5 aromatic rings. The van der Waals surface area contributed by atoms with Crippen molar-refractivity contribution in [3.8, 4) is 11.1 Å². The molecule has 8 nitrogen and oxygen atoms in total. The molecule has 2 N–H and O–H groups in total. The monoisotopic (exact) mass is 630 g/mol. The van der Waals surface area contributed by atoms with Crippen molar-refractivity contribution >= 4 is 40.4 Å². The van der Waals surface area contributed by atoms with E-state index in [1.165, 1.54) is 6.07 Å². The summed E-state index contributed by atoms with van der Waals surface area (Å²) < 4.78 is 34.4. The highest BCUT2D eigenvalue weighted by Crippen LogP contribution is 2.23. The number of carbonyl (C=O) groups excluding carboxylic acids is 3. The van der Waals surface area contributed by atoms with Crippen molar-refractivity contribution in [2.24, 2.45) is 0 Å². The molecule has 0 saturated heterocycles. The Hall–Kier alpha value is -4.96. The van der Waals surface area contributed by atoms with Crippen molar-refractivity contribution < 1.29 is 27.6 Å². The van der Waals surface area contributed by atoms with Gasteiger partial charge in [-0.05, 0) is 72.5 Å². The number of oxazole rings is 1. The smallest absolute Gasteiger partial charge is 0.265 e. The molecular formula is C34H29ClF2N4O4. The number of benzene rings is 3. The first-order chi connectivity index (χ1) is 21.8. The van der Waals surface area contributed by atoms with Gasteiger partial charge in [-0.15, -0.1) is 0 Å². The summed E-state index contributed by atoms with van der Waals surface area (Å²) in [6.45, 7) is 0.236. The lowest BCUT2D eigenvalue weighted by Gasteiger charge is -2.19. The Kier molecular flexibility index (Phi) is 10.3. The van der Waals surface area contributed by atoms with Crippen LogP contribution >= 0.6 is 11.6 Å². The molecule has 0 saturated carbocycles. The fourth-order valence-electron chi connectivity index (χ4n) is 4.78. The Morgan fingerprint density at radius 2 is 1.62 bits per heavy atom. The number of nitrogens with zero attached hydrogens (tertiary/aromatic N) is 2. The molecule has 0 bridgehead atoms. The minimum Gasteiger partial charge on any atom is -0.432 e. The zero-order chi connectivity index (χ0) is 31.8. The number of unbranched alkanes of at least 4 members (excludes halogenated alkanes) is 2. The normalized spacial score (nSPS) is 11.7. The Labute approximate surface area is 262 Å². The average Bonchev–Trinajstić information content (AvgIpc) is 3.48. The Morgan fingerprint density at radius 3 is 2.36 bits per heavy atom. The van der Waals surface area contributed by atoms with Crippen LogP contribution in [0.15, 0.2) is 89.5 Å². The highest BCUT2D eigenvalue weighted by molar-refractivity contribution is 6.30. The summed E-state index contributed by atoms with van der Waals surface area (Å²) in [5.41, 5.74) is 2.48. The van der Waals surface area contributed by atoms with Gasteiger partial charge in [0.1, 0.15) is 17.7 Å². The number of Topliss-reactive ketones (excluding diaryl/α,β-unsaturated/α-hetero) is 1. The van der Waals surface area contributed by atoms with Gasteiger partial charge in [0.05, 0.1) is 0 Å². The van der Waals surface area contributed by atoms with Crippen molar-refractivity contribution in [1.82, 2.24) is 20.6 Å². The van der Waals surface area contributed by atoms with Crippen LogP contribution in [0.2, 0.25) is 5.02 Å². The van der Waals surface area contributed by atoms with Crippen molar-refractivity contribution in [3.63, 3.8) is 0 Å². The second-order valence-electron chi connectivity index (χ2n) is 10.4. The van der Waals surface area contributed by atoms with Gasteiger partial charge < -0.3 is 15.1 Å². The molecule has 2 aromatic heterocycles. The van der Waals surface area contributed by atoms with E-state index in [1.807, 2.05) is 12.1 Å². The van der Waals surface area contributed by atoms with Crippen LogP contribution in [0.1, 0.15) is 52.3 Å². The van der Waals surface area contributed by atoms with Gasteiger partial charge >= 0.3 is 0 Å². The number of hydrogen-bond donors (Lipinski definition) is 2. The molecule has 0 unspecified atom stereocenters. The number of carbonyl (C=O) groups is 3. The average molecular weight is 631 g/mol. The lowest BCUT2D eigenvalue weighted by atomic mass is 10.0. The first-order valence-corrected chi connectivity index (χ1v) is 14.8. The third kappa shape index (κ3) is 8.16. The Bertz CT molecular complexity index is 1770. The van der Waals surface area contributed by atoms with Crippen LogP contribution in [0.3, 0.4) is 0 Å². The van der Waals surface area contributed by atoms with Crippen LogP contribution in [-0.2, 0) is 11.2 Å². The highest BCUT2D eigenvalue weighted by Gasteiger charge is 2.25. The van der Waals surface area contributed by atoms with Crippen molar-refractivity contribution in [3.05, 3.63) is 119 Å². The van der Waals surface area contributed by atoms with Gasteiger partial charge in [-0.3, -0.25) is 14.4 Å². The van der Waals surface area contributed by atoms with E-state index in [1.54, 1.807) is 54.7 Å².